The van der Waals surface area contributed by atoms with Crippen molar-refractivity contribution in [2.24, 2.45) is 0 Å². The van der Waals surface area contributed by atoms with Crippen LogP contribution in [0.2, 0.25) is 0 Å². The van der Waals surface area contributed by atoms with Gasteiger partial charge >= 0.3 is 0 Å². The van der Waals surface area contributed by atoms with Gasteiger partial charge in [-0.15, -0.1) is 0 Å². The van der Waals surface area contributed by atoms with Crippen LogP contribution in [0.15, 0.2) is 29.1 Å². The molecule has 0 atom stereocenters. The molecule has 0 spiro atoms. The van der Waals surface area contributed by atoms with E-state index in [0.29, 0.717) is 11.9 Å². The van der Waals surface area contributed by atoms with Crippen molar-refractivity contribution in [2.45, 2.75) is 70.5 Å². The molecule has 2 fully saturated rings. The van der Waals surface area contributed by atoms with E-state index in [1.165, 1.54) is 43.4 Å². The molecule has 1 amide bonds. The summed E-state index contributed by atoms with van der Waals surface area (Å²) in [5, 5.41) is 3.73. The zero-order valence-electron chi connectivity index (χ0n) is 16.6. The molecule has 150 valence electrons. The first-order chi connectivity index (χ1) is 13.7. The number of amides is 1. The van der Waals surface area contributed by atoms with Gasteiger partial charge in [-0.2, -0.15) is 0 Å². The highest BCUT2D eigenvalue weighted by Crippen LogP contribution is 2.17. The van der Waals surface area contributed by atoms with Crippen LogP contribution in [0, 0.1) is 0 Å². The minimum Gasteiger partial charge on any atom is -0.352 e. The first-order valence-electron chi connectivity index (χ1n) is 10.8. The van der Waals surface area contributed by atoms with Crippen molar-refractivity contribution >= 4 is 16.8 Å². The highest BCUT2D eigenvalue weighted by atomic mass is 16.2. The molecule has 6 nitrogen and oxygen atoms in total. The van der Waals surface area contributed by atoms with Crippen molar-refractivity contribution in [1.29, 1.82) is 0 Å². The van der Waals surface area contributed by atoms with Crippen molar-refractivity contribution in [3.8, 4) is 0 Å². The Morgan fingerprint density at radius 2 is 1.79 bits per heavy atom. The van der Waals surface area contributed by atoms with Crippen molar-refractivity contribution < 1.29 is 9.69 Å². The van der Waals surface area contributed by atoms with E-state index >= 15 is 0 Å². The predicted octanol–water partition coefficient (Wildman–Crippen LogP) is 1.41. The van der Waals surface area contributed by atoms with Gasteiger partial charge in [0.25, 0.3) is 5.56 Å². The standard InChI is InChI=1S/C22H30N4O2/c27-21(23-17-9-3-1-4-10-17)16-26-20(15-25-13-7-2-8-14-25)24-19-12-6-5-11-18(19)22(26)28/h5-6,11-12,17H,1-4,7-10,13-16H2,(H,23,27)/p+1. The molecule has 0 radical (unpaired) electrons. The van der Waals surface area contributed by atoms with Gasteiger partial charge < -0.3 is 10.2 Å². The molecular formula is C22H31N4O2+. The highest BCUT2D eigenvalue weighted by molar-refractivity contribution is 5.79. The monoisotopic (exact) mass is 383 g/mol. The first kappa shape index (κ1) is 19.1. The third-order valence-electron chi connectivity index (χ3n) is 6.18. The average molecular weight is 384 g/mol. The predicted molar refractivity (Wildman–Crippen MR) is 109 cm³/mol. The van der Waals surface area contributed by atoms with Gasteiger partial charge in [0.05, 0.1) is 24.0 Å². The van der Waals surface area contributed by atoms with E-state index in [-0.39, 0.29) is 24.1 Å². The number of aromatic nitrogens is 2. The van der Waals surface area contributed by atoms with E-state index in [1.807, 2.05) is 18.2 Å². The van der Waals surface area contributed by atoms with Crippen LogP contribution < -0.4 is 15.8 Å². The second-order valence-corrected chi connectivity index (χ2v) is 8.33. The van der Waals surface area contributed by atoms with Gasteiger partial charge in [-0.3, -0.25) is 14.2 Å². The number of piperidine rings is 1. The van der Waals surface area contributed by atoms with E-state index in [1.54, 1.807) is 10.6 Å². The molecule has 2 aliphatic rings. The second kappa shape index (κ2) is 8.86. The zero-order chi connectivity index (χ0) is 19.3. The summed E-state index contributed by atoms with van der Waals surface area (Å²) in [4.78, 5) is 32.1. The third-order valence-corrected chi connectivity index (χ3v) is 6.18. The number of fused-ring (bicyclic) bond motifs is 1. The smallest absolute Gasteiger partial charge is 0.262 e. The minimum absolute atomic E-state index is 0.0653. The van der Waals surface area contributed by atoms with E-state index in [0.717, 1.165) is 37.3 Å². The lowest BCUT2D eigenvalue weighted by atomic mass is 9.95. The SMILES string of the molecule is O=C(Cn1c(C[NH+]2CCCCC2)nc2ccccc2c1=O)NC1CCCCC1. The number of nitrogens with one attached hydrogen (secondary N) is 2. The Kier molecular flexibility index (Phi) is 6.05. The normalized spacial score (nSPS) is 19.0. The van der Waals surface area contributed by atoms with Gasteiger partial charge in [-0.25, -0.2) is 4.98 Å². The lowest BCUT2D eigenvalue weighted by Gasteiger charge is -2.25. The molecule has 6 heteroatoms. The third kappa shape index (κ3) is 4.43. The number of hydrogen-bond acceptors (Lipinski definition) is 3. The van der Waals surface area contributed by atoms with Gasteiger partial charge in [0.1, 0.15) is 13.1 Å². The van der Waals surface area contributed by atoms with Crippen LogP contribution in [0.5, 0.6) is 0 Å². The zero-order valence-corrected chi connectivity index (χ0v) is 16.6. The number of hydrogen-bond donors (Lipinski definition) is 2. The number of carbonyl (C=O) groups excluding carboxylic acids is 1. The van der Waals surface area contributed by atoms with E-state index in [2.05, 4.69) is 5.32 Å². The number of likely N-dealkylation sites (tertiary alicyclic amines) is 1. The summed E-state index contributed by atoms with van der Waals surface area (Å²) >= 11 is 0. The van der Waals surface area contributed by atoms with Crippen LogP contribution in [0.1, 0.15) is 57.2 Å². The largest absolute Gasteiger partial charge is 0.352 e. The molecule has 1 aliphatic carbocycles. The van der Waals surface area contributed by atoms with Crippen molar-refractivity contribution in [1.82, 2.24) is 14.9 Å². The maximum Gasteiger partial charge on any atom is 0.262 e. The summed E-state index contributed by atoms with van der Waals surface area (Å²) in [6, 6.07) is 7.71. The van der Waals surface area contributed by atoms with Crippen LogP contribution in [-0.4, -0.2) is 34.6 Å². The molecule has 2 N–H and O–H groups in total. The van der Waals surface area contributed by atoms with Crippen LogP contribution in [0.3, 0.4) is 0 Å². The number of benzene rings is 1. The minimum atomic E-state index is -0.101. The fourth-order valence-corrected chi connectivity index (χ4v) is 4.63. The molecule has 2 aromatic rings. The number of para-hydroxylation sites is 1. The summed E-state index contributed by atoms with van der Waals surface area (Å²) in [7, 11) is 0. The average Bonchev–Trinajstić information content (AvgIpc) is 2.72. The summed E-state index contributed by atoms with van der Waals surface area (Å²) in [6.07, 6.45) is 9.40. The first-order valence-corrected chi connectivity index (χ1v) is 10.8. The fourth-order valence-electron chi connectivity index (χ4n) is 4.63. The number of nitrogens with zero attached hydrogens (tertiary/aromatic N) is 2. The topological polar surface area (TPSA) is 68.4 Å². The number of rotatable bonds is 5. The van der Waals surface area contributed by atoms with Crippen LogP contribution in [-0.2, 0) is 17.9 Å². The van der Waals surface area contributed by atoms with Crippen molar-refractivity contribution in [3.05, 3.63) is 40.4 Å². The molecule has 28 heavy (non-hydrogen) atoms. The molecule has 1 saturated heterocycles. The Balaban J connectivity index is 1.60. The van der Waals surface area contributed by atoms with Gasteiger partial charge in [-0.1, -0.05) is 31.4 Å². The van der Waals surface area contributed by atoms with Crippen molar-refractivity contribution in [3.63, 3.8) is 0 Å². The van der Waals surface area contributed by atoms with E-state index < -0.39 is 0 Å². The molecule has 1 aromatic carbocycles. The Bertz CT molecular complexity index is 880. The molecule has 4 rings (SSSR count). The number of quaternary nitrogens is 1. The Labute approximate surface area is 165 Å². The molecule has 1 aromatic heterocycles. The number of carbonyl (C=O) groups is 1. The van der Waals surface area contributed by atoms with Crippen molar-refractivity contribution in [2.75, 3.05) is 13.1 Å². The lowest BCUT2D eigenvalue weighted by molar-refractivity contribution is -0.919. The molecular weight excluding hydrogens is 352 g/mol. The van der Waals surface area contributed by atoms with Crippen LogP contribution in [0.25, 0.3) is 10.9 Å². The van der Waals surface area contributed by atoms with Gasteiger partial charge in [0.15, 0.2) is 5.82 Å². The summed E-state index contributed by atoms with van der Waals surface area (Å²) in [5.74, 6) is 0.667. The highest BCUT2D eigenvalue weighted by Gasteiger charge is 2.21. The quantitative estimate of drug-likeness (QED) is 0.820. The summed E-state index contributed by atoms with van der Waals surface area (Å²) < 4.78 is 1.61. The molecule has 1 saturated carbocycles. The Morgan fingerprint density at radius 1 is 1.07 bits per heavy atom. The summed E-state index contributed by atoms with van der Waals surface area (Å²) in [5.41, 5.74) is 0.624. The maximum atomic E-state index is 13.2. The second-order valence-electron chi connectivity index (χ2n) is 8.33. The Morgan fingerprint density at radius 3 is 2.57 bits per heavy atom. The lowest BCUT2D eigenvalue weighted by Crippen LogP contribution is -3.11. The molecule has 0 unspecified atom stereocenters. The van der Waals surface area contributed by atoms with E-state index in [4.69, 9.17) is 4.98 Å². The molecule has 1 aliphatic heterocycles. The van der Waals surface area contributed by atoms with Crippen LogP contribution in [0.4, 0.5) is 0 Å². The Hall–Kier alpha value is -2.21. The van der Waals surface area contributed by atoms with Crippen LogP contribution >= 0.6 is 0 Å². The molecule has 0 bridgehead atoms. The van der Waals surface area contributed by atoms with Gasteiger partial charge in [0, 0.05) is 6.04 Å². The van der Waals surface area contributed by atoms with Gasteiger partial charge in [0.2, 0.25) is 5.91 Å². The van der Waals surface area contributed by atoms with E-state index in [9.17, 15) is 9.59 Å². The summed E-state index contributed by atoms with van der Waals surface area (Å²) in [6.45, 7) is 2.99. The molecule has 2 heterocycles. The maximum absolute atomic E-state index is 13.2. The fraction of sp³-hybridized carbons (Fsp3) is 0.591. The van der Waals surface area contributed by atoms with Gasteiger partial charge in [-0.05, 0) is 44.2 Å².